The number of aryl methyl sites for hydroxylation is 1. The average molecular weight is 1080 g/mol. The van der Waals surface area contributed by atoms with Crippen LogP contribution in [-0.4, -0.2) is 155 Å². The van der Waals surface area contributed by atoms with Crippen LogP contribution in [0.3, 0.4) is 0 Å². The predicted molar refractivity (Wildman–Crippen MR) is 296 cm³/mol. The molecule has 1 aromatic carbocycles. The van der Waals surface area contributed by atoms with Crippen molar-refractivity contribution in [3.8, 4) is 21.8 Å². The molecule has 3 aromatic heterocycles. The molecule has 2 saturated heterocycles. The molecule has 1 aliphatic carbocycles. The number of carbonyl (C=O) groups excluding carboxylic acids is 3. The summed E-state index contributed by atoms with van der Waals surface area (Å²) in [6, 6.07) is 7.74. The van der Waals surface area contributed by atoms with E-state index in [0.717, 1.165) is 82.9 Å². The fraction of sp³-hybridized carbons (Fsp3) is 0.667. The smallest absolute Gasteiger partial charge is 0.410 e. The van der Waals surface area contributed by atoms with E-state index in [4.69, 9.17) is 44.9 Å². The number of benzene rings is 1. The second-order valence-electron chi connectivity index (χ2n) is 23.3. The van der Waals surface area contributed by atoms with Gasteiger partial charge in [-0.1, -0.05) is 33.5 Å². The van der Waals surface area contributed by atoms with Gasteiger partial charge in [0.2, 0.25) is 0 Å². The van der Waals surface area contributed by atoms with E-state index in [1.165, 1.54) is 24.4 Å². The number of alkyl halides is 1. The average Bonchev–Trinajstić information content (AvgIpc) is 3.81. The predicted octanol–water partition coefficient (Wildman–Crippen LogP) is 9.43. The Bertz CT molecular complexity index is 2590. The van der Waals surface area contributed by atoms with Crippen molar-refractivity contribution in [1.29, 1.82) is 0 Å². The normalized spacial score (nSPS) is 19.2. The van der Waals surface area contributed by atoms with Crippen LogP contribution in [0, 0.1) is 5.41 Å². The molecule has 17 nitrogen and oxygen atoms in total. The van der Waals surface area contributed by atoms with Gasteiger partial charge in [0.25, 0.3) is 0 Å². The first kappa shape index (κ1) is 57.3. The number of piperazine rings is 1. The second kappa shape index (κ2) is 23.9. The van der Waals surface area contributed by atoms with E-state index in [1.54, 1.807) is 39.7 Å². The summed E-state index contributed by atoms with van der Waals surface area (Å²) in [6.07, 6.45) is 4.87. The Kier molecular flexibility index (Phi) is 18.5. The molecule has 0 radical (unpaired) electrons. The number of amides is 2. The molecule has 1 saturated carbocycles. The maximum absolute atomic E-state index is 14.1. The number of fused-ring (bicyclic) bond motifs is 1. The molecule has 7 rings (SSSR count). The monoisotopic (exact) mass is 1080 g/mol. The summed E-state index contributed by atoms with van der Waals surface area (Å²) in [5.41, 5.74) is 4.61. The Morgan fingerprint density at radius 3 is 2.38 bits per heavy atom. The van der Waals surface area contributed by atoms with Crippen LogP contribution in [0.4, 0.5) is 15.3 Å². The number of halogens is 1. The third-order valence-electron chi connectivity index (χ3n) is 14.5. The number of alkyl carbamates (subject to hydrolysis) is 1. The van der Waals surface area contributed by atoms with Crippen LogP contribution in [0.1, 0.15) is 110 Å². The number of methoxy groups -OCH3 is 1. The Labute approximate surface area is 448 Å². The number of aromatic nitrogens is 4. The number of nitrogens with one attached hydrogen (secondary N) is 2. The number of pyridine rings is 1. The molecule has 0 bridgehead atoms. The van der Waals surface area contributed by atoms with Crippen molar-refractivity contribution in [2.45, 2.75) is 155 Å². The number of aliphatic hydroxyl groups is 1. The van der Waals surface area contributed by atoms with Gasteiger partial charge in [0.05, 0.1) is 48.1 Å². The van der Waals surface area contributed by atoms with Crippen molar-refractivity contribution in [3.05, 3.63) is 47.5 Å². The number of nitrogens with zero attached hydrogens (tertiary/aromatic N) is 7. The van der Waals surface area contributed by atoms with Crippen LogP contribution in [0.5, 0.6) is 0 Å². The fourth-order valence-electron chi connectivity index (χ4n) is 10.2. The number of aliphatic hydroxyl groups excluding tert-OH is 1. The van der Waals surface area contributed by atoms with E-state index in [1.807, 2.05) is 19.2 Å². The standard InChI is InChI=1S/C54H82ClN9O8SSi/c1-13-63-42-19-16-36(28-39(42)41(30-53(7,8)34-65)46(63)40-29-38(31-56-43(40)35(3)69-9)62-24-22-61(23-25-62)37-17-18-37)48-59-47(60-73-48)44(45(49(66)70-14-2)58-50(67)72-52(4,5)6)57-33-54(32-55)20-15-21-64(54)51(68)71-26-27-74(10,11)12/h16,19,28-29,31,35,37,44-45,57,65H,13-15,17-18,20-27,30,32-34H2,1-12H3,(H,58,67)/t35-,44?,45?,54?/m0/s1. The number of rotatable bonds is 22. The maximum Gasteiger partial charge on any atom is 0.410 e. The minimum absolute atomic E-state index is 0.0223. The van der Waals surface area contributed by atoms with Gasteiger partial charge in [-0.15, -0.1) is 11.6 Å². The van der Waals surface area contributed by atoms with E-state index >= 15 is 0 Å². The minimum atomic E-state index is -1.48. The SMILES string of the molecule is CCOC(=O)C(NC(=O)OC(C)(C)C)C(NCC1(CCl)CCCN1C(=O)OCC[Si](C)(C)C)c1nsc(-c2ccc3c(c2)c(CC(C)(C)CO)c(-c2cc(N4CCN(C5CC5)CC4)cnc2[C@H](C)OC)n3CC)n1. The summed E-state index contributed by atoms with van der Waals surface area (Å²) < 4.78 is 30.3. The van der Waals surface area contributed by atoms with E-state index in [-0.39, 0.29) is 37.6 Å². The zero-order valence-electron chi connectivity index (χ0n) is 45.9. The van der Waals surface area contributed by atoms with E-state index < -0.39 is 54.9 Å². The van der Waals surface area contributed by atoms with Gasteiger partial charge in [-0.2, -0.15) is 4.37 Å². The highest BCUT2D eigenvalue weighted by atomic mass is 35.5. The summed E-state index contributed by atoms with van der Waals surface area (Å²) in [7, 11) is 0.237. The third-order valence-corrected chi connectivity index (χ3v) is 17.5. The highest BCUT2D eigenvalue weighted by molar-refractivity contribution is 7.09. The summed E-state index contributed by atoms with van der Waals surface area (Å²) >= 11 is 7.99. The number of carbonyl (C=O) groups is 3. The molecule has 3 N–H and O–H groups in total. The molecule has 3 unspecified atom stereocenters. The zero-order chi connectivity index (χ0) is 53.8. The van der Waals surface area contributed by atoms with E-state index in [2.05, 4.69) is 83.6 Å². The van der Waals surface area contributed by atoms with E-state index in [9.17, 15) is 19.5 Å². The number of ether oxygens (including phenoxy) is 4. The quantitative estimate of drug-likeness (QED) is 0.0293. The number of esters is 1. The fourth-order valence-corrected chi connectivity index (χ4v) is 11.9. The van der Waals surface area contributed by atoms with Crippen molar-refractivity contribution in [2.24, 2.45) is 5.41 Å². The molecular weight excluding hydrogens is 998 g/mol. The molecule has 20 heteroatoms. The number of hydrogen-bond donors (Lipinski definition) is 3. The molecule has 4 atom stereocenters. The third kappa shape index (κ3) is 13.6. The molecule has 2 amide bonds. The van der Waals surface area contributed by atoms with E-state index in [0.29, 0.717) is 44.0 Å². The van der Waals surface area contributed by atoms with Crippen molar-refractivity contribution >= 4 is 66.0 Å². The molecule has 74 heavy (non-hydrogen) atoms. The van der Waals surface area contributed by atoms with Gasteiger partial charge >= 0.3 is 18.2 Å². The highest BCUT2D eigenvalue weighted by Gasteiger charge is 2.46. The molecule has 0 spiro atoms. The van der Waals surface area contributed by atoms with Gasteiger partial charge in [-0.25, -0.2) is 19.4 Å². The summed E-state index contributed by atoms with van der Waals surface area (Å²) in [5, 5.41) is 18.7. The van der Waals surface area contributed by atoms with Gasteiger partial charge in [0, 0.05) is 102 Å². The highest BCUT2D eigenvalue weighted by Crippen LogP contribution is 2.43. The molecule has 408 valence electrons. The molecule has 3 aliphatic rings. The lowest BCUT2D eigenvalue weighted by Gasteiger charge is -2.38. The lowest BCUT2D eigenvalue weighted by atomic mass is 9.84. The first-order chi connectivity index (χ1) is 35.0. The largest absolute Gasteiger partial charge is 0.464 e. The van der Waals surface area contributed by atoms with Crippen molar-refractivity contribution in [3.63, 3.8) is 0 Å². The van der Waals surface area contributed by atoms with Crippen molar-refractivity contribution < 1.29 is 38.4 Å². The Morgan fingerprint density at radius 1 is 1.03 bits per heavy atom. The van der Waals surface area contributed by atoms with Crippen LogP contribution >= 0.6 is 23.1 Å². The van der Waals surface area contributed by atoms with Crippen LogP contribution in [0.25, 0.3) is 32.7 Å². The van der Waals surface area contributed by atoms with Crippen LogP contribution in [0.15, 0.2) is 30.5 Å². The second-order valence-corrected chi connectivity index (χ2v) is 29.9. The summed E-state index contributed by atoms with van der Waals surface area (Å²) in [4.78, 5) is 58.4. The Hall–Kier alpha value is -4.37. The number of hydrogen-bond acceptors (Lipinski definition) is 15. The van der Waals surface area contributed by atoms with Gasteiger partial charge in [0.1, 0.15) is 16.7 Å². The van der Waals surface area contributed by atoms with Gasteiger partial charge in [-0.05, 0) is 126 Å². The maximum atomic E-state index is 14.1. The van der Waals surface area contributed by atoms with Crippen molar-refractivity contribution in [1.82, 2.24) is 39.3 Å². The lowest BCUT2D eigenvalue weighted by Crippen LogP contribution is -2.58. The summed E-state index contributed by atoms with van der Waals surface area (Å²) in [6.45, 7) is 27.5. The first-order valence-corrected chi connectivity index (χ1v) is 31.6. The number of anilines is 1. The first-order valence-electron chi connectivity index (χ1n) is 26.6. The Balaban J connectivity index is 1.31. The molecule has 4 aromatic rings. The topological polar surface area (TPSA) is 186 Å². The van der Waals surface area contributed by atoms with Crippen molar-refractivity contribution in [2.75, 3.05) is 77.0 Å². The van der Waals surface area contributed by atoms with Crippen LogP contribution < -0.4 is 15.5 Å². The molecule has 3 fully saturated rings. The summed E-state index contributed by atoms with van der Waals surface area (Å²) in [5.74, 6) is -0.389. The van der Waals surface area contributed by atoms with Crippen LogP contribution in [-0.2, 0) is 36.7 Å². The zero-order valence-corrected chi connectivity index (χ0v) is 48.5. The lowest BCUT2D eigenvalue weighted by molar-refractivity contribution is -0.146. The minimum Gasteiger partial charge on any atom is -0.464 e. The van der Waals surface area contributed by atoms with Gasteiger partial charge < -0.3 is 49.1 Å². The van der Waals surface area contributed by atoms with Gasteiger partial charge in [0.15, 0.2) is 11.9 Å². The Morgan fingerprint density at radius 2 is 1.76 bits per heavy atom. The van der Waals surface area contributed by atoms with Gasteiger partial charge in [-0.3, -0.25) is 9.88 Å². The molecule has 5 heterocycles. The molecular formula is C54H82ClN9O8SSi. The number of likely N-dealkylation sites (tertiary alicyclic amines) is 1. The molecule has 2 aliphatic heterocycles. The van der Waals surface area contributed by atoms with Crippen LogP contribution in [0.2, 0.25) is 25.7 Å².